The largest absolute Gasteiger partial charge is 0.508 e. The van der Waals surface area contributed by atoms with Gasteiger partial charge in [0.2, 0.25) is 0 Å². The van der Waals surface area contributed by atoms with Gasteiger partial charge in [-0.2, -0.15) is 0 Å². The Morgan fingerprint density at radius 1 is 0.500 bits per heavy atom. The summed E-state index contributed by atoms with van der Waals surface area (Å²) >= 11 is 0. The van der Waals surface area contributed by atoms with Crippen LogP contribution >= 0.6 is 0 Å². The number of phenols is 2. The topological polar surface area (TPSA) is 40.5 Å². The van der Waals surface area contributed by atoms with Gasteiger partial charge in [-0.3, -0.25) is 0 Å². The van der Waals surface area contributed by atoms with Crippen LogP contribution in [0.3, 0.4) is 0 Å². The monoisotopic (exact) mass is 390 g/mol. The lowest BCUT2D eigenvalue weighted by Crippen LogP contribution is -2.26. The third-order valence-corrected chi connectivity index (χ3v) is 6.96. The van der Waals surface area contributed by atoms with Crippen molar-refractivity contribution in [3.63, 3.8) is 0 Å². The quantitative estimate of drug-likeness (QED) is 0.424. The minimum atomic E-state index is 0.0203. The average Bonchev–Trinajstić information content (AvgIpc) is 3.05. The lowest BCUT2D eigenvalue weighted by Gasteiger charge is -2.40. The molecule has 0 radical (unpaired) electrons. The van der Waals surface area contributed by atoms with Crippen molar-refractivity contribution >= 4 is 0 Å². The molecule has 6 rings (SSSR count). The van der Waals surface area contributed by atoms with Crippen molar-refractivity contribution in [1.29, 1.82) is 0 Å². The van der Waals surface area contributed by atoms with E-state index in [4.69, 9.17) is 0 Å². The molecule has 2 N–H and O–H groups in total. The molecule has 0 saturated carbocycles. The van der Waals surface area contributed by atoms with Crippen molar-refractivity contribution < 1.29 is 10.2 Å². The molecule has 2 aliphatic rings. The standard InChI is InChI=1S/C28H22O2/c29-19-15-22-26-20-13-7-8-14-21(20)28(24(26)17-9-3-1-4-10-17)25(27(22)23(30)16-19)18-11-5-2-6-12-18/h1-16,24-26,28-30H. The van der Waals surface area contributed by atoms with E-state index in [9.17, 15) is 10.2 Å². The molecule has 2 bridgehead atoms. The first-order valence-electron chi connectivity index (χ1n) is 10.5. The molecule has 0 aliphatic heterocycles. The Kier molecular flexibility index (Phi) is 3.76. The van der Waals surface area contributed by atoms with Crippen LogP contribution in [0.25, 0.3) is 0 Å². The summed E-state index contributed by atoms with van der Waals surface area (Å²) in [6.07, 6.45) is 0. The Labute approximate surface area is 176 Å². The highest BCUT2D eigenvalue weighted by atomic mass is 16.3. The van der Waals surface area contributed by atoms with Gasteiger partial charge in [0.25, 0.3) is 0 Å². The Balaban J connectivity index is 1.71. The van der Waals surface area contributed by atoms with Crippen LogP contribution in [0, 0.1) is 0 Å². The molecule has 4 unspecified atom stereocenters. The van der Waals surface area contributed by atoms with E-state index in [-0.39, 0.29) is 35.2 Å². The second-order valence-electron chi connectivity index (χ2n) is 8.42. The molecule has 4 aromatic carbocycles. The maximum Gasteiger partial charge on any atom is 0.123 e. The Hall–Kier alpha value is -3.52. The summed E-state index contributed by atoms with van der Waals surface area (Å²) in [5.74, 6) is 0.913. The number of hydrogen-bond donors (Lipinski definition) is 2. The zero-order chi connectivity index (χ0) is 20.2. The lowest BCUT2D eigenvalue weighted by atomic mass is 9.63. The Bertz CT molecular complexity index is 1230. The molecule has 0 fully saturated rings. The van der Waals surface area contributed by atoms with Gasteiger partial charge < -0.3 is 10.2 Å². The maximum absolute atomic E-state index is 11.0. The van der Waals surface area contributed by atoms with Crippen molar-refractivity contribution in [2.24, 2.45) is 0 Å². The van der Waals surface area contributed by atoms with E-state index in [1.54, 1.807) is 0 Å². The molecular weight excluding hydrogens is 368 g/mol. The smallest absolute Gasteiger partial charge is 0.123 e. The van der Waals surface area contributed by atoms with Gasteiger partial charge in [-0.05, 0) is 33.9 Å². The molecule has 0 amide bonds. The number of hydrogen-bond acceptors (Lipinski definition) is 2. The highest BCUT2D eigenvalue weighted by Crippen LogP contribution is 2.66. The number of aromatic hydroxyl groups is 2. The van der Waals surface area contributed by atoms with Crippen LogP contribution in [0.15, 0.2) is 97.1 Å². The fourth-order valence-electron chi connectivity index (χ4n) is 5.97. The van der Waals surface area contributed by atoms with E-state index >= 15 is 0 Å². The normalized spacial score (nSPS) is 23.6. The predicted molar refractivity (Wildman–Crippen MR) is 118 cm³/mol. The van der Waals surface area contributed by atoms with Gasteiger partial charge >= 0.3 is 0 Å². The van der Waals surface area contributed by atoms with Gasteiger partial charge in [0.05, 0.1) is 0 Å². The molecule has 2 aliphatic carbocycles. The first kappa shape index (κ1) is 17.3. The molecule has 0 saturated heterocycles. The summed E-state index contributed by atoms with van der Waals surface area (Å²) in [6.45, 7) is 0. The highest BCUT2D eigenvalue weighted by Gasteiger charge is 2.52. The van der Waals surface area contributed by atoms with Crippen LogP contribution in [-0.4, -0.2) is 10.2 Å². The zero-order valence-electron chi connectivity index (χ0n) is 16.4. The summed E-state index contributed by atoms with van der Waals surface area (Å²) < 4.78 is 0. The zero-order valence-corrected chi connectivity index (χ0v) is 16.4. The van der Waals surface area contributed by atoms with Gasteiger partial charge in [0, 0.05) is 35.3 Å². The van der Waals surface area contributed by atoms with Crippen molar-refractivity contribution in [3.05, 3.63) is 130 Å². The first-order chi connectivity index (χ1) is 14.7. The van der Waals surface area contributed by atoms with Crippen molar-refractivity contribution in [2.75, 3.05) is 0 Å². The Morgan fingerprint density at radius 3 is 1.80 bits per heavy atom. The first-order valence-corrected chi connectivity index (χ1v) is 10.5. The van der Waals surface area contributed by atoms with Crippen LogP contribution in [0.4, 0.5) is 0 Å². The van der Waals surface area contributed by atoms with E-state index in [1.807, 2.05) is 12.1 Å². The van der Waals surface area contributed by atoms with Crippen molar-refractivity contribution in [1.82, 2.24) is 0 Å². The van der Waals surface area contributed by atoms with E-state index in [0.717, 1.165) is 11.1 Å². The van der Waals surface area contributed by atoms with Crippen molar-refractivity contribution in [2.45, 2.75) is 23.7 Å². The summed E-state index contributed by atoms with van der Waals surface area (Å²) in [7, 11) is 0. The van der Waals surface area contributed by atoms with Crippen LogP contribution in [0.2, 0.25) is 0 Å². The van der Waals surface area contributed by atoms with Crippen LogP contribution in [0.5, 0.6) is 11.5 Å². The maximum atomic E-state index is 11.0. The predicted octanol–water partition coefficient (Wildman–Crippen LogP) is 6.26. The summed E-state index contributed by atoms with van der Waals surface area (Å²) in [5, 5.41) is 21.4. The second-order valence-corrected chi connectivity index (χ2v) is 8.42. The number of phenolic OH excluding ortho intramolecular Hbond substituents is 2. The van der Waals surface area contributed by atoms with Crippen molar-refractivity contribution in [3.8, 4) is 11.5 Å². The number of benzene rings is 4. The SMILES string of the molecule is Oc1cc(O)c2c(c1)C1c3ccccc3C(C2c2ccccc2)C1c1ccccc1. The van der Waals surface area contributed by atoms with Gasteiger partial charge in [0.15, 0.2) is 0 Å². The second kappa shape index (κ2) is 6.50. The Morgan fingerprint density at radius 2 is 1.10 bits per heavy atom. The molecule has 2 nitrogen and oxygen atoms in total. The molecular formula is C28H22O2. The highest BCUT2D eigenvalue weighted by molar-refractivity contribution is 5.65. The average molecular weight is 390 g/mol. The van der Waals surface area contributed by atoms with Gasteiger partial charge in [-0.1, -0.05) is 84.9 Å². The molecule has 4 aromatic rings. The molecule has 0 spiro atoms. The minimum absolute atomic E-state index is 0.0203. The minimum Gasteiger partial charge on any atom is -0.508 e. The molecule has 2 heteroatoms. The summed E-state index contributed by atoms with van der Waals surface area (Å²) in [4.78, 5) is 0. The van der Waals surface area contributed by atoms with E-state index in [0.29, 0.717) is 0 Å². The molecule has 4 atom stereocenters. The van der Waals surface area contributed by atoms with Crippen LogP contribution in [-0.2, 0) is 0 Å². The van der Waals surface area contributed by atoms with E-state index in [2.05, 4.69) is 78.9 Å². The van der Waals surface area contributed by atoms with Gasteiger partial charge in [0.1, 0.15) is 11.5 Å². The molecule has 30 heavy (non-hydrogen) atoms. The summed E-state index contributed by atoms with van der Waals surface area (Å²) in [6, 6.07) is 33.2. The number of fused-ring (bicyclic) bond motifs is 7. The van der Waals surface area contributed by atoms with Gasteiger partial charge in [-0.25, -0.2) is 0 Å². The van der Waals surface area contributed by atoms with Crippen LogP contribution in [0.1, 0.15) is 57.1 Å². The van der Waals surface area contributed by atoms with Crippen LogP contribution < -0.4 is 0 Å². The van der Waals surface area contributed by atoms with E-state index in [1.165, 1.54) is 28.3 Å². The molecule has 0 aromatic heterocycles. The fourth-order valence-corrected chi connectivity index (χ4v) is 5.97. The molecule has 0 heterocycles. The molecule has 146 valence electrons. The third-order valence-electron chi connectivity index (χ3n) is 6.96. The number of rotatable bonds is 2. The summed E-state index contributed by atoms with van der Waals surface area (Å²) in [5.41, 5.74) is 7.15. The van der Waals surface area contributed by atoms with Gasteiger partial charge in [-0.15, -0.1) is 0 Å². The lowest BCUT2D eigenvalue weighted by molar-refractivity contribution is 0.409. The third kappa shape index (κ3) is 2.37. The fraction of sp³-hybridized carbons (Fsp3) is 0.143. The van der Waals surface area contributed by atoms with E-state index < -0.39 is 0 Å².